The Kier molecular flexibility index (Phi) is 4.96. The molecule has 0 unspecified atom stereocenters. The zero-order valence-corrected chi connectivity index (χ0v) is 10.8. The topological polar surface area (TPSA) is 84.2 Å². The molecule has 1 aromatic rings. The van der Waals surface area contributed by atoms with Gasteiger partial charge in [0.25, 0.3) is 0 Å². The number of carbonyl (C=O) groups excluding carboxylic acids is 2. The lowest BCUT2D eigenvalue weighted by molar-refractivity contribution is -0.122. The number of amides is 3. The summed E-state index contributed by atoms with van der Waals surface area (Å²) in [5.41, 5.74) is 4.93. The minimum Gasteiger partial charge on any atom is -0.352 e. The van der Waals surface area contributed by atoms with E-state index in [-0.39, 0.29) is 5.91 Å². The standard InChI is InChI=1S/C11H17N3O2S/c1-3-8-4-5-9(17-8)6-13-10(15)7(2)14-11(12)16/h4-5,7H,3,6H2,1-2H3,(H,13,15)(H3,12,14,16)/t7-/m1/s1. The van der Waals surface area contributed by atoms with Crippen LogP contribution in [0.4, 0.5) is 4.79 Å². The second-order valence-corrected chi connectivity index (χ2v) is 4.92. The summed E-state index contributed by atoms with van der Waals surface area (Å²) in [5.74, 6) is -0.241. The molecule has 0 aliphatic carbocycles. The average molecular weight is 255 g/mol. The van der Waals surface area contributed by atoms with Crippen LogP contribution >= 0.6 is 11.3 Å². The Morgan fingerprint density at radius 2 is 2.06 bits per heavy atom. The molecule has 0 fully saturated rings. The summed E-state index contributed by atoms with van der Waals surface area (Å²) in [6.07, 6.45) is 0.998. The number of carbonyl (C=O) groups is 2. The van der Waals surface area contributed by atoms with Crippen molar-refractivity contribution in [2.75, 3.05) is 0 Å². The van der Waals surface area contributed by atoms with Crippen LogP contribution in [0.3, 0.4) is 0 Å². The molecule has 0 aromatic carbocycles. The molecular weight excluding hydrogens is 238 g/mol. The van der Waals surface area contributed by atoms with Gasteiger partial charge in [-0.05, 0) is 25.5 Å². The summed E-state index contributed by atoms with van der Waals surface area (Å²) in [4.78, 5) is 24.5. The highest BCUT2D eigenvalue weighted by Gasteiger charge is 2.13. The fraction of sp³-hybridized carbons (Fsp3) is 0.455. The van der Waals surface area contributed by atoms with Gasteiger partial charge < -0.3 is 16.4 Å². The molecule has 1 atom stereocenters. The molecular formula is C11H17N3O2S. The molecule has 94 valence electrons. The second kappa shape index (κ2) is 6.24. The summed E-state index contributed by atoms with van der Waals surface area (Å²) < 4.78 is 0. The van der Waals surface area contributed by atoms with Crippen molar-refractivity contribution in [3.63, 3.8) is 0 Å². The van der Waals surface area contributed by atoms with E-state index in [1.165, 1.54) is 4.88 Å². The lowest BCUT2D eigenvalue weighted by atomic mass is 10.3. The van der Waals surface area contributed by atoms with E-state index in [2.05, 4.69) is 23.6 Å². The number of rotatable bonds is 5. The highest BCUT2D eigenvalue weighted by Crippen LogP contribution is 2.16. The van der Waals surface area contributed by atoms with Crippen LogP contribution in [0.25, 0.3) is 0 Å². The number of primary amides is 1. The summed E-state index contributed by atoms with van der Waals surface area (Å²) in [7, 11) is 0. The molecule has 0 bridgehead atoms. The molecule has 0 saturated heterocycles. The molecule has 6 heteroatoms. The van der Waals surface area contributed by atoms with Crippen LogP contribution in [0.5, 0.6) is 0 Å². The predicted molar refractivity (Wildman–Crippen MR) is 67.7 cm³/mol. The van der Waals surface area contributed by atoms with Gasteiger partial charge in [0.15, 0.2) is 0 Å². The van der Waals surface area contributed by atoms with E-state index < -0.39 is 12.1 Å². The van der Waals surface area contributed by atoms with Crippen molar-refractivity contribution < 1.29 is 9.59 Å². The largest absolute Gasteiger partial charge is 0.352 e. The second-order valence-electron chi connectivity index (χ2n) is 3.67. The molecule has 1 heterocycles. The van der Waals surface area contributed by atoms with Gasteiger partial charge in [0, 0.05) is 9.75 Å². The summed E-state index contributed by atoms with van der Waals surface area (Å²) in [6.45, 7) is 4.16. The first-order valence-corrected chi connectivity index (χ1v) is 6.25. The van der Waals surface area contributed by atoms with Gasteiger partial charge in [0.05, 0.1) is 6.54 Å². The normalized spacial score (nSPS) is 11.9. The fourth-order valence-electron chi connectivity index (χ4n) is 1.31. The maximum absolute atomic E-state index is 11.6. The third-order valence-corrected chi connectivity index (χ3v) is 3.48. The van der Waals surface area contributed by atoms with E-state index in [0.717, 1.165) is 11.3 Å². The van der Waals surface area contributed by atoms with Gasteiger partial charge in [0.1, 0.15) is 6.04 Å². The maximum atomic E-state index is 11.6. The lowest BCUT2D eigenvalue weighted by Crippen LogP contribution is -2.46. The number of urea groups is 1. The predicted octanol–water partition coefficient (Wildman–Crippen LogP) is 0.983. The van der Waals surface area contributed by atoms with Crippen molar-refractivity contribution in [3.8, 4) is 0 Å². The Morgan fingerprint density at radius 1 is 1.41 bits per heavy atom. The summed E-state index contributed by atoms with van der Waals surface area (Å²) >= 11 is 1.67. The zero-order chi connectivity index (χ0) is 12.8. The highest BCUT2D eigenvalue weighted by atomic mass is 32.1. The van der Waals surface area contributed by atoms with Crippen molar-refractivity contribution in [2.24, 2.45) is 5.73 Å². The summed E-state index contributed by atoms with van der Waals surface area (Å²) in [5, 5.41) is 5.07. The Bertz CT molecular complexity index is 403. The first-order valence-electron chi connectivity index (χ1n) is 5.44. The minimum absolute atomic E-state index is 0.241. The molecule has 0 aliphatic rings. The minimum atomic E-state index is -0.697. The van der Waals surface area contributed by atoms with Crippen LogP contribution in [0.2, 0.25) is 0 Å². The van der Waals surface area contributed by atoms with Crippen molar-refractivity contribution in [1.82, 2.24) is 10.6 Å². The van der Waals surface area contributed by atoms with Crippen molar-refractivity contribution >= 4 is 23.3 Å². The van der Waals surface area contributed by atoms with E-state index in [0.29, 0.717) is 6.54 Å². The average Bonchev–Trinajstić information content (AvgIpc) is 2.72. The summed E-state index contributed by atoms with van der Waals surface area (Å²) in [6, 6.07) is 2.74. The van der Waals surface area contributed by atoms with Gasteiger partial charge in [0.2, 0.25) is 5.91 Å². The van der Waals surface area contributed by atoms with Gasteiger partial charge in [-0.1, -0.05) is 6.92 Å². The Morgan fingerprint density at radius 3 is 2.59 bits per heavy atom. The molecule has 0 spiro atoms. The quantitative estimate of drug-likeness (QED) is 0.733. The van der Waals surface area contributed by atoms with Gasteiger partial charge in [-0.15, -0.1) is 11.3 Å². The molecule has 0 saturated carbocycles. The third-order valence-electron chi connectivity index (χ3n) is 2.25. The van der Waals surface area contributed by atoms with Crippen molar-refractivity contribution in [2.45, 2.75) is 32.9 Å². The molecule has 1 rings (SSSR count). The van der Waals surface area contributed by atoms with Gasteiger partial charge in [-0.25, -0.2) is 4.79 Å². The zero-order valence-electron chi connectivity index (χ0n) is 9.95. The van der Waals surface area contributed by atoms with Gasteiger partial charge in [-0.3, -0.25) is 4.79 Å². The van der Waals surface area contributed by atoms with E-state index in [9.17, 15) is 9.59 Å². The molecule has 5 nitrogen and oxygen atoms in total. The van der Waals surface area contributed by atoms with E-state index in [1.54, 1.807) is 18.3 Å². The van der Waals surface area contributed by atoms with Gasteiger partial charge in [-0.2, -0.15) is 0 Å². The van der Waals surface area contributed by atoms with Crippen LogP contribution in [0.1, 0.15) is 23.6 Å². The van der Waals surface area contributed by atoms with Crippen LogP contribution in [0.15, 0.2) is 12.1 Å². The third kappa shape index (κ3) is 4.44. The monoisotopic (exact) mass is 255 g/mol. The molecule has 0 aliphatic heterocycles. The molecule has 3 amide bonds. The number of aryl methyl sites for hydroxylation is 1. The SMILES string of the molecule is CCc1ccc(CNC(=O)[C@@H](C)NC(N)=O)s1. The number of nitrogens with one attached hydrogen (secondary N) is 2. The fourth-order valence-corrected chi connectivity index (χ4v) is 2.21. The molecule has 1 aromatic heterocycles. The lowest BCUT2D eigenvalue weighted by Gasteiger charge is -2.11. The van der Waals surface area contributed by atoms with Crippen LogP contribution in [0, 0.1) is 0 Å². The first kappa shape index (κ1) is 13.5. The van der Waals surface area contributed by atoms with E-state index >= 15 is 0 Å². The van der Waals surface area contributed by atoms with Crippen molar-refractivity contribution in [1.29, 1.82) is 0 Å². The number of thiophene rings is 1. The highest BCUT2D eigenvalue weighted by molar-refractivity contribution is 7.11. The number of nitrogens with two attached hydrogens (primary N) is 1. The Balaban J connectivity index is 2.39. The maximum Gasteiger partial charge on any atom is 0.312 e. The van der Waals surface area contributed by atoms with Crippen LogP contribution in [-0.2, 0) is 17.8 Å². The molecule has 0 radical (unpaired) electrons. The van der Waals surface area contributed by atoms with Gasteiger partial charge >= 0.3 is 6.03 Å². The smallest absolute Gasteiger partial charge is 0.312 e. The Hall–Kier alpha value is -1.56. The van der Waals surface area contributed by atoms with Crippen molar-refractivity contribution in [3.05, 3.63) is 21.9 Å². The molecule has 4 N–H and O–H groups in total. The number of hydrogen-bond donors (Lipinski definition) is 3. The van der Waals surface area contributed by atoms with E-state index in [1.807, 2.05) is 6.07 Å². The Labute approximate surface area is 104 Å². The van der Waals surface area contributed by atoms with Crippen LogP contribution in [-0.4, -0.2) is 18.0 Å². The molecule has 17 heavy (non-hydrogen) atoms. The number of hydrogen-bond acceptors (Lipinski definition) is 3. The van der Waals surface area contributed by atoms with Crippen LogP contribution < -0.4 is 16.4 Å². The van der Waals surface area contributed by atoms with E-state index in [4.69, 9.17) is 5.73 Å². The first-order chi connectivity index (χ1) is 8.02.